The van der Waals surface area contributed by atoms with Gasteiger partial charge in [-0.05, 0) is 61.4 Å². The molecule has 0 heterocycles. The normalized spacial score (nSPS) is 10.8. The maximum Gasteiger partial charge on any atom is 0.288 e. The molecule has 0 aliphatic rings. The molecule has 0 aliphatic carbocycles. The van der Waals surface area contributed by atoms with Crippen molar-refractivity contribution in [3.8, 4) is 5.75 Å². The van der Waals surface area contributed by atoms with Gasteiger partial charge in [-0.2, -0.15) is 8.78 Å². The molecule has 0 aromatic heterocycles. The van der Waals surface area contributed by atoms with Crippen molar-refractivity contribution in [2.75, 3.05) is 11.9 Å². The summed E-state index contributed by atoms with van der Waals surface area (Å²) >= 11 is 6.42. The highest BCUT2D eigenvalue weighted by Crippen LogP contribution is 2.26. The summed E-state index contributed by atoms with van der Waals surface area (Å²) in [5, 5.41) is 3.41. The average molecular weight is 386 g/mol. The molecule has 0 fully saturated rings. The molecule has 7 heteroatoms. The number of nitrogens with one attached hydrogen (secondary N) is 1. The number of hydrogen-bond donors (Lipinski definition) is 1. The molecule has 134 valence electrons. The Bertz CT molecular complexity index is 711. The van der Waals surface area contributed by atoms with Gasteiger partial charge in [0.1, 0.15) is 5.75 Å². The van der Waals surface area contributed by atoms with E-state index in [0.717, 1.165) is 11.3 Å². The molecule has 0 saturated carbocycles. The Kier molecular flexibility index (Phi) is 7.52. The topological polar surface area (TPSA) is 38.3 Å². The lowest BCUT2D eigenvalue weighted by Gasteiger charge is -2.09. The first-order valence-electron chi connectivity index (χ1n) is 7.68. The first kappa shape index (κ1) is 19.5. The van der Waals surface area contributed by atoms with Gasteiger partial charge in [0.25, 0.3) is 5.76 Å². The lowest BCUT2D eigenvalue weighted by atomic mass is 10.2. The number of anilines is 1. The van der Waals surface area contributed by atoms with Crippen LogP contribution >= 0.6 is 23.4 Å². The van der Waals surface area contributed by atoms with E-state index < -0.39 is 5.76 Å². The average Bonchev–Trinajstić information content (AvgIpc) is 2.56. The number of thioether (sulfide) groups is 1. The maximum absolute atomic E-state index is 12.2. The van der Waals surface area contributed by atoms with E-state index in [4.69, 9.17) is 16.3 Å². The molecule has 0 bridgehead atoms. The van der Waals surface area contributed by atoms with Gasteiger partial charge in [-0.15, -0.1) is 0 Å². The van der Waals surface area contributed by atoms with Crippen LogP contribution in [0, 0.1) is 6.92 Å². The minimum absolute atomic E-state index is 0.148. The van der Waals surface area contributed by atoms with Gasteiger partial charge in [0.15, 0.2) is 0 Å². The molecule has 0 atom stereocenters. The monoisotopic (exact) mass is 385 g/mol. The second-order valence-electron chi connectivity index (χ2n) is 5.31. The Morgan fingerprint density at radius 2 is 1.96 bits per heavy atom. The van der Waals surface area contributed by atoms with Crippen molar-refractivity contribution >= 4 is 35.0 Å². The van der Waals surface area contributed by atoms with Gasteiger partial charge in [0.2, 0.25) is 5.91 Å². The number of alkyl halides is 2. The Labute approximate surface area is 154 Å². The van der Waals surface area contributed by atoms with Crippen LogP contribution in [0.5, 0.6) is 5.75 Å². The fourth-order valence-corrected chi connectivity index (χ4v) is 2.69. The molecule has 0 saturated heterocycles. The largest absolute Gasteiger partial charge is 0.494 e. The lowest BCUT2D eigenvalue weighted by Crippen LogP contribution is -2.12. The van der Waals surface area contributed by atoms with Crippen molar-refractivity contribution in [1.82, 2.24) is 0 Å². The van der Waals surface area contributed by atoms with Crippen LogP contribution in [0.1, 0.15) is 18.4 Å². The summed E-state index contributed by atoms with van der Waals surface area (Å²) in [6.45, 7) is 2.31. The van der Waals surface area contributed by atoms with E-state index in [1.807, 2.05) is 13.0 Å². The SMILES string of the molecule is Cc1cc(OCCCC(=O)Nc2ccc(SC(F)F)cc2)ccc1Cl. The lowest BCUT2D eigenvalue weighted by molar-refractivity contribution is -0.116. The van der Waals surface area contributed by atoms with Crippen molar-refractivity contribution in [3.63, 3.8) is 0 Å². The second-order valence-corrected chi connectivity index (χ2v) is 6.78. The van der Waals surface area contributed by atoms with Gasteiger partial charge in [-0.3, -0.25) is 4.79 Å². The van der Waals surface area contributed by atoms with Crippen molar-refractivity contribution in [2.45, 2.75) is 30.4 Å². The minimum atomic E-state index is -2.45. The Hall–Kier alpha value is -1.79. The summed E-state index contributed by atoms with van der Waals surface area (Å²) < 4.78 is 30.1. The molecule has 0 unspecified atom stereocenters. The van der Waals surface area contributed by atoms with Gasteiger partial charge < -0.3 is 10.1 Å². The summed E-state index contributed by atoms with van der Waals surface area (Å²) in [7, 11) is 0. The van der Waals surface area contributed by atoms with Gasteiger partial charge in [-0.1, -0.05) is 23.4 Å². The van der Waals surface area contributed by atoms with E-state index in [1.54, 1.807) is 36.4 Å². The number of benzene rings is 2. The summed E-state index contributed by atoms with van der Waals surface area (Å²) in [4.78, 5) is 12.3. The third-order valence-corrected chi connectivity index (χ3v) is 4.46. The van der Waals surface area contributed by atoms with Crippen molar-refractivity contribution in [1.29, 1.82) is 0 Å². The molecule has 25 heavy (non-hydrogen) atoms. The number of carbonyl (C=O) groups excluding carboxylic acids is 1. The third kappa shape index (κ3) is 6.92. The fraction of sp³-hybridized carbons (Fsp3) is 0.278. The number of aryl methyl sites for hydroxylation is 1. The standard InChI is InChI=1S/C18H18ClF2NO2S/c1-12-11-14(6-9-16(12)19)24-10-2-3-17(23)22-13-4-7-15(8-5-13)25-18(20)21/h4-9,11,18H,2-3,10H2,1H3,(H,22,23). The molecule has 0 radical (unpaired) electrons. The molecule has 3 nitrogen and oxygen atoms in total. The van der Waals surface area contributed by atoms with Crippen LogP contribution in [-0.4, -0.2) is 18.3 Å². The molecule has 0 spiro atoms. The van der Waals surface area contributed by atoms with Crippen LogP contribution in [0.3, 0.4) is 0 Å². The van der Waals surface area contributed by atoms with Crippen molar-refractivity contribution in [3.05, 3.63) is 53.1 Å². The Morgan fingerprint density at radius 1 is 1.24 bits per heavy atom. The quantitative estimate of drug-likeness (QED) is 0.463. The highest BCUT2D eigenvalue weighted by atomic mass is 35.5. The highest BCUT2D eigenvalue weighted by molar-refractivity contribution is 7.99. The van der Waals surface area contributed by atoms with Crippen LogP contribution in [0.15, 0.2) is 47.4 Å². The van der Waals surface area contributed by atoms with Crippen LogP contribution in [-0.2, 0) is 4.79 Å². The molecule has 1 N–H and O–H groups in total. The van der Waals surface area contributed by atoms with Crippen LogP contribution in [0.4, 0.5) is 14.5 Å². The molecular formula is C18H18ClF2NO2S. The predicted molar refractivity (Wildman–Crippen MR) is 97.9 cm³/mol. The van der Waals surface area contributed by atoms with Crippen molar-refractivity contribution < 1.29 is 18.3 Å². The molecule has 0 aliphatic heterocycles. The van der Waals surface area contributed by atoms with E-state index in [0.29, 0.717) is 46.8 Å². The first-order chi connectivity index (χ1) is 11.9. The molecule has 2 aromatic carbocycles. The number of hydrogen-bond acceptors (Lipinski definition) is 3. The van der Waals surface area contributed by atoms with Gasteiger partial charge in [0, 0.05) is 22.0 Å². The van der Waals surface area contributed by atoms with Crippen LogP contribution < -0.4 is 10.1 Å². The molecule has 1 amide bonds. The number of rotatable bonds is 8. The second kappa shape index (κ2) is 9.63. The number of carbonyl (C=O) groups is 1. The summed E-state index contributed by atoms with van der Waals surface area (Å²) in [6.07, 6.45) is 0.868. The fourth-order valence-electron chi connectivity index (χ4n) is 2.07. The van der Waals surface area contributed by atoms with Crippen LogP contribution in [0.2, 0.25) is 5.02 Å². The van der Waals surface area contributed by atoms with Crippen LogP contribution in [0.25, 0.3) is 0 Å². The zero-order valence-corrected chi connectivity index (χ0v) is 15.2. The third-order valence-electron chi connectivity index (χ3n) is 3.31. The van der Waals surface area contributed by atoms with Crippen molar-refractivity contribution in [2.24, 2.45) is 0 Å². The Balaban J connectivity index is 1.70. The van der Waals surface area contributed by atoms with Gasteiger partial charge >= 0.3 is 0 Å². The smallest absolute Gasteiger partial charge is 0.288 e. The van der Waals surface area contributed by atoms with E-state index >= 15 is 0 Å². The number of ether oxygens (including phenoxy) is 1. The molecule has 2 aromatic rings. The summed E-state index contributed by atoms with van der Waals surface area (Å²) in [5.74, 6) is -1.88. The summed E-state index contributed by atoms with van der Waals surface area (Å²) in [6, 6.07) is 11.7. The number of halogens is 3. The maximum atomic E-state index is 12.2. The molecular weight excluding hydrogens is 368 g/mol. The van der Waals surface area contributed by atoms with E-state index in [2.05, 4.69) is 5.32 Å². The minimum Gasteiger partial charge on any atom is -0.494 e. The predicted octanol–water partition coefficient (Wildman–Crippen LogP) is 5.76. The van der Waals surface area contributed by atoms with E-state index in [9.17, 15) is 13.6 Å². The highest BCUT2D eigenvalue weighted by Gasteiger charge is 2.06. The van der Waals surface area contributed by atoms with Gasteiger partial charge in [0.05, 0.1) is 6.61 Å². The van der Waals surface area contributed by atoms with Gasteiger partial charge in [-0.25, -0.2) is 0 Å². The number of amides is 1. The van der Waals surface area contributed by atoms with E-state index in [1.165, 1.54) is 0 Å². The summed E-state index contributed by atoms with van der Waals surface area (Å²) in [5.41, 5.74) is 1.52. The Morgan fingerprint density at radius 3 is 2.60 bits per heavy atom. The first-order valence-corrected chi connectivity index (χ1v) is 8.93. The zero-order valence-electron chi connectivity index (χ0n) is 13.6. The van der Waals surface area contributed by atoms with E-state index in [-0.39, 0.29) is 5.91 Å². The zero-order chi connectivity index (χ0) is 18.2. The molecule has 2 rings (SSSR count).